The number of sulfonamides is 1. The maximum absolute atomic E-state index is 12.6. The van der Waals surface area contributed by atoms with Crippen LogP contribution in [0.3, 0.4) is 0 Å². The monoisotopic (exact) mass is 311 g/mol. The lowest BCUT2D eigenvalue weighted by molar-refractivity contribution is -0.112. The van der Waals surface area contributed by atoms with Gasteiger partial charge < -0.3 is 9.53 Å². The molecule has 0 N–H and O–H groups in total. The van der Waals surface area contributed by atoms with Crippen molar-refractivity contribution in [2.75, 3.05) is 19.7 Å². The number of hydrogen-bond donors (Lipinski definition) is 0. The normalized spacial score (nSPS) is 20.2. The Morgan fingerprint density at radius 3 is 2.81 bits per heavy atom. The van der Waals surface area contributed by atoms with E-state index >= 15 is 0 Å². The van der Waals surface area contributed by atoms with Gasteiger partial charge in [-0.05, 0) is 50.5 Å². The van der Waals surface area contributed by atoms with Crippen molar-refractivity contribution in [1.82, 2.24) is 4.31 Å². The van der Waals surface area contributed by atoms with Gasteiger partial charge in [-0.3, -0.25) is 0 Å². The van der Waals surface area contributed by atoms with E-state index in [1.165, 1.54) is 4.31 Å². The Labute approximate surface area is 126 Å². The first kappa shape index (κ1) is 16.0. The van der Waals surface area contributed by atoms with Gasteiger partial charge in [-0.25, -0.2) is 8.42 Å². The molecule has 1 aromatic rings. The third kappa shape index (κ3) is 3.44. The van der Waals surface area contributed by atoms with E-state index in [1.54, 1.807) is 18.2 Å². The number of aryl methyl sites for hydroxylation is 1. The summed E-state index contributed by atoms with van der Waals surface area (Å²) in [6.07, 6.45) is 2.33. The van der Waals surface area contributed by atoms with Crippen LogP contribution in [0, 0.1) is 12.8 Å². The summed E-state index contributed by atoms with van der Waals surface area (Å²) in [5.41, 5.74) is 0.793. The minimum atomic E-state index is -3.54. The zero-order valence-corrected chi connectivity index (χ0v) is 13.2. The van der Waals surface area contributed by atoms with E-state index in [9.17, 15) is 13.2 Å². The summed E-state index contributed by atoms with van der Waals surface area (Å²) in [6, 6.07) is 4.88. The molecule has 1 aliphatic heterocycles. The van der Waals surface area contributed by atoms with Gasteiger partial charge in [0, 0.05) is 19.0 Å². The van der Waals surface area contributed by atoms with E-state index in [2.05, 4.69) is 0 Å². The van der Waals surface area contributed by atoms with Crippen molar-refractivity contribution in [3.05, 3.63) is 23.8 Å². The van der Waals surface area contributed by atoms with E-state index in [1.807, 2.05) is 13.8 Å². The van der Waals surface area contributed by atoms with Gasteiger partial charge in [-0.15, -0.1) is 0 Å². The number of rotatable bonds is 5. The van der Waals surface area contributed by atoms with Gasteiger partial charge in [-0.2, -0.15) is 4.31 Å². The van der Waals surface area contributed by atoms with Gasteiger partial charge in [0.05, 0.1) is 11.5 Å². The Morgan fingerprint density at radius 2 is 2.19 bits per heavy atom. The number of hydrogen-bond acceptors (Lipinski definition) is 4. The molecule has 1 saturated heterocycles. The molecule has 1 atom stereocenters. The van der Waals surface area contributed by atoms with Crippen molar-refractivity contribution >= 4 is 16.3 Å². The second kappa shape index (κ2) is 6.58. The lowest BCUT2D eigenvalue weighted by Crippen LogP contribution is -2.40. The maximum Gasteiger partial charge on any atom is 0.243 e. The van der Waals surface area contributed by atoms with E-state index in [-0.39, 0.29) is 17.4 Å². The van der Waals surface area contributed by atoms with E-state index in [4.69, 9.17) is 4.74 Å². The van der Waals surface area contributed by atoms with Crippen LogP contribution in [-0.2, 0) is 14.8 Å². The summed E-state index contributed by atoms with van der Waals surface area (Å²) in [5.74, 6) is 0.498. The van der Waals surface area contributed by atoms with Crippen LogP contribution in [0.5, 0.6) is 5.75 Å². The fourth-order valence-corrected chi connectivity index (χ4v) is 4.17. The SMILES string of the molecule is CCOc1ccc(S(=O)(=O)N2CCCC(C=O)C2)cc1C. The summed E-state index contributed by atoms with van der Waals surface area (Å²) >= 11 is 0. The largest absolute Gasteiger partial charge is 0.494 e. The fraction of sp³-hybridized carbons (Fsp3) is 0.533. The minimum absolute atomic E-state index is 0.197. The highest BCUT2D eigenvalue weighted by molar-refractivity contribution is 7.89. The Morgan fingerprint density at radius 1 is 1.43 bits per heavy atom. The Kier molecular flexibility index (Phi) is 5.00. The molecule has 0 amide bonds. The Balaban J connectivity index is 2.26. The smallest absolute Gasteiger partial charge is 0.243 e. The third-order valence-corrected chi connectivity index (χ3v) is 5.56. The minimum Gasteiger partial charge on any atom is -0.494 e. The lowest BCUT2D eigenvalue weighted by atomic mass is 10.0. The molecule has 1 fully saturated rings. The van der Waals surface area contributed by atoms with E-state index in [0.29, 0.717) is 18.9 Å². The van der Waals surface area contributed by atoms with Gasteiger partial charge in [0.1, 0.15) is 12.0 Å². The zero-order valence-electron chi connectivity index (χ0n) is 12.4. The lowest BCUT2D eigenvalue weighted by Gasteiger charge is -2.29. The van der Waals surface area contributed by atoms with Crippen LogP contribution in [0.1, 0.15) is 25.3 Å². The standard InChI is InChI=1S/C15H21NO4S/c1-3-20-15-7-6-14(9-12(15)2)21(18,19)16-8-4-5-13(10-16)11-17/h6-7,9,11,13H,3-5,8,10H2,1-2H3. The van der Waals surface area contributed by atoms with Crippen molar-refractivity contribution in [1.29, 1.82) is 0 Å². The second-order valence-corrected chi connectivity index (χ2v) is 7.20. The zero-order chi connectivity index (χ0) is 15.5. The number of carbonyl (C=O) groups is 1. The van der Waals surface area contributed by atoms with Gasteiger partial charge >= 0.3 is 0 Å². The molecule has 6 heteroatoms. The van der Waals surface area contributed by atoms with Crippen molar-refractivity contribution in [3.63, 3.8) is 0 Å². The summed E-state index contributed by atoms with van der Waals surface area (Å²) < 4.78 is 32.1. The average molecular weight is 311 g/mol. The topological polar surface area (TPSA) is 63.7 Å². The quantitative estimate of drug-likeness (QED) is 0.780. The molecular formula is C15H21NO4S. The summed E-state index contributed by atoms with van der Waals surface area (Å²) in [7, 11) is -3.54. The van der Waals surface area contributed by atoms with Crippen molar-refractivity contribution in [2.45, 2.75) is 31.6 Å². The molecule has 0 saturated carbocycles. The molecule has 21 heavy (non-hydrogen) atoms. The number of benzene rings is 1. The van der Waals surface area contributed by atoms with Crippen LogP contribution in [0.4, 0.5) is 0 Å². The highest BCUT2D eigenvalue weighted by Gasteiger charge is 2.30. The van der Waals surface area contributed by atoms with Crippen LogP contribution in [-0.4, -0.2) is 38.7 Å². The molecule has 1 aliphatic rings. The molecule has 116 valence electrons. The number of nitrogens with zero attached hydrogens (tertiary/aromatic N) is 1. The molecule has 0 radical (unpaired) electrons. The van der Waals surface area contributed by atoms with Crippen molar-refractivity contribution in [2.24, 2.45) is 5.92 Å². The van der Waals surface area contributed by atoms with Crippen LogP contribution in [0.15, 0.2) is 23.1 Å². The Hall–Kier alpha value is -1.40. The van der Waals surface area contributed by atoms with Gasteiger partial charge in [-0.1, -0.05) is 0 Å². The first-order valence-electron chi connectivity index (χ1n) is 7.18. The molecule has 1 unspecified atom stereocenters. The van der Waals surface area contributed by atoms with Crippen molar-refractivity contribution < 1.29 is 17.9 Å². The number of aldehydes is 1. The molecule has 5 nitrogen and oxygen atoms in total. The van der Waals surface area contributed by atoms with Crippen LogP contribution in [0.25, 0.3) is 0 Å². The summed E-state index contributed by atoms with van der Waals surface area (Å²) in [4.78, 5) is 11.2. The number of ether oxygens (including phenoxy) is 1. The van der Waals surface area contributed by atoms with E-state index < -0.39 is 10.0 Å². The summed E-state index contributed by atoms with van der Waals surface area (Å²) in [5, 5.41) is 0. The Bertz CT molecular complexity index is 612. The predicted octanol–water partition coefficient (Wildman–Crippen LogP) is 1.99. The van der Waals surface area contributed by atoms with Gasteiger partial charge in [0.15, 0.2) is 0 Å². The number of carbonyl (C=O) groups excluding carboxylic acids is 1. The highest BCUT2D eigenvalue weighted by atomic mass is 32.2. The van der Waals surface area contributed by atoms with Gasteiger partial charge in [0.2, 0.25) is 10.0 Å². The molecule has 1 aromatic carbocycles. The molecule has 2 rings (SSSR count). The van der Waals surface area contributed by atoms with Crippen LogP contribution < -0.4 is 4.74 Å². The van der Waals surface area contributed by atoms with E-state index in [0.717, 1.165) is 24.7 Å². The highest BCUT2D eigenvalue weighted by Crippen LogP contribution is 2.26. The third-order valence-electron chi connectivity index (χ3n) is 3.70. The van der Waals surface area contributed by atoms with Gasteiger partial charge in [0.25, 0.3) is 0 Å². The predicted molar refractivity (Wildman–Crippen MR) is 79.9 cm³/mol. The first-order valence-corrected chi connectivity index (χ1v) is 8.62. The molecule has 0 spiro atoms. The number of piperidine rings is 1. The molecule has 0 bridgehead atoms. The molecular weight excluding hydrogens is 290 g/mol. The van der Waals surface area contributed by atoms with Crippen molar-refractivity contribution in [3.8, 4) is 5.75 Å². The average Bonchev–Trinajstić information content (AvgIpc) is 2.49. The van der Waals surface area contributed by atoms with Crippen LogP contribution >= 0.6 is 0 Å². The maximum atomic E-state index is 12.6. The molecule has 1 heterocycles. The molecule has 0 aliphatic carbocycles. The summed E-state index contributed by atoms with van der Waals surface area (Å²) in [6.45, 7) is 5.00. The first-order chi connectivity index (χ1) is 9.98. The van der Waals surface area contributed by atoms with Crippen LogP contribution in [0.2, 0.25) is 0 Å². The second-order valence-electron chi connectivity index (χ2n) is 5.26. The fourth-order valence-electron chi connectivity index (χ4n) is 2.55. The molecule has 0 aromatic heterocycles.